The summed E-state index contributed by atoms with van der Waals surface area (Å²) < 4.78 is 27.9. The lowest BCUT2D eigenvalue weighted by atomic mass is 9.86. The van der Waals surface area contributed by atoms with Crippen molar-refractivity contribution in [3.05, 3.63) is 57.1 Å². The van der Waals surface area contributed by atoms with Gasteiger partial charge in [0.2, 0.25) is 5.91 Å². The van der Waals surface area contributed by atoms with Crippen LogP contribution in [0.1, 0.15) is 25.0 Å². The zero-order valence-electron chi connectivity index (χ0n) is 13.4. The molecule has 1 heterocycles. The SMILES string of the molecule is CC1(C)C(=O)N(Cc2cc(F)c(SN)cc2Cl)c2ccc(F)c(Cl)c21. The summed E-state index contributed by atoms with van der Waals surface area (Å²) >= 11 is 13.1. The molecule has 0 unspecified atom stereocenters. The van der Waals surface area contributed by atoms with E-state index in [4.69, 9.17) is 28.3 Å². The summed E-state index contributed by atoms with van der Waals surface area (Å²) in [6, 6.07) is 5.37. The number of anilines is 1. The van der Waals surface area contributed by atoms with Crippen LogP contribution < -0.4 is 10.0 Å². The second-order valence-corrected chi connectivity index (χ2v) is 7.72. The number of hydrogen-bond acceptors (Lipinski definition) is 3. The molecule has 3 nitrogen and oxygen atoms in total. The number of benzene rings is 2. The smallest absolute Gasteiger partial charge is 0.237 e. The number of carbonyl (C=O) groups is 1. The maximum atomic E-state index is 14.0. The molecule has 0 aliphatic carbocycles. The fraction of sp³-hybridized carbons (Fsp3) is 0.235. The summed E-state index contributed by atoms with van der Waals surface area (Å²) in [5, 5.41) is 5.60. The fourth-order valence-electron chi connectivity index (χ4n) is 3.02. The van der Waals surface area contributed by atoms with Gasteiger partial charge in [-0.1, -0.05) is 23.2 Å². The number of fused-ring (bicyclic) bond motifs is 1. The molecule has 1 aliphatic heterocycles. The number of nitrogens with two attached hydrogens (primary N) is 1. The Hall–Kier alpha value is -1.34. The molecule has 1 aliphatic rings. The Labute approximate surface area is 158 Å². The molecule has 0 atom stereocenters. The normalized spacial score (nSPS) is 15.6. The van der Waals surface area contributed by atoms with Crippen LogP contribution in [0.4, 0.5) is 14.5 Å². The highest BCUT2D eigenvalue weighted by molar-refractivity contribution is 7.97. The van der Waals surface area contributed by atoms with E-state index in [-0.39, 0.29) is 22.4 Å². The fourth-order valence-corrected chi connectivity index (χ4v) is 4.06. The average Bonchev–Trinajstić information content (AvgIpc) is 2.74. The van der Waals surface area contributed by atoms with Crippen LogP contribution in [0.2, 0.25) is 10.0 Å². The van der Waals surface area contributed by atoms with Crippen molar-refractivity contribution in [2.24, 2.45) is 5.14 Å². The Morgan fingerprint density at radius 3 is 2.52 bits per heavy atom. The quantitative estimate of drug-likeness (QED) is 0.729. The topological polar surface area (TPSA) is 46.3 Å². The zero-order valence-corrected chi connectivity index (χ0v) is 15.7. The Kier molecular flexibility index (Phi) is 4.75. The summed E-state index contributed by atoms with van der Waals surface area (Å²) in [7, 11) is 0. The van der Waals surface area contributed by atoms with E-state index in [1.165, 1.54) is 29.2 Å². The predicted molar refractivity (Wildman–Crippen MR) is 97.1 cm³/mol. The second kappa shape index (κ2) is 6.43. The van der Waals surface area contributed by atoms with Crippen molar-refractivity contribution in [1.82, 2.24) is 0 Å². The third-order valence-electron chi connectivity index (χ3n) is 4.32. The Balaban J connectivity index is 2.08. The third kappa shape index (κ3) is 2.91. The minimum atomic E-state index is -0.993. The number of amides is 1. The molecule has 8 heteroatoms. The van der Waals surface area contributed by atoms with E-state index in [9.17, 15) is 13.6 Å². The van der Waals surface area contributed by atoms with E-state index in [2.05, 4.69) is 0 Å². The van der Waals surface area contributed by atoms with Crippen LogP contribution >= 0.6 is 35.1 Å². The Bertz CT molecular complexity index is 889. The van der Waals surface area contributed by atoms with E-state index in [0.717, 1.165) is 11.9 Å². The van der Waals surface area contributed by atoms with Crippen LogP contribution in [-0.4, -0.2) is 5.91 Å². The van der Waals surface area contributed by atoms with Crippen molar-refractivity contribution in [2.75, 3.05) is 4.90 Å². The van der Waals surface area contributed by atoms with E-state index in [1.54, 1.807) is 13.8 Å². The largest absolute Gasteiger partial charge is 0.307 e. The first-order chi connectivity index (χ1) is 11.7. The van der Waals surface area contributed by atoms with Crippen molar-refractivity contribution < 1.29 is 13.6 Å². The first-order valence-electron chi connectivity index (χ1n) is 7.33. The van der Waals surface area contributed by atoms with Gasteiger partial charge in [0.25, 0.3) is 0 Å². The van der Waals surface area contributed by atoms with Gasteiger partial charge in [0.05, 0.1) is 21.9 Å². The highest BCUT2D eigenvalue weighted by Crippen LogP contribution is 2.47. The van der Waals surface area contributed by atoms with Crippen molar-refractivity contribution in [3.8, 4) is 0 Å². The summed E-state index contributed by atoms with van der Waals surface area (Å²) in [6.07, 6.45) is 0. The first kappa shape index (κ1) is 18.5. The van der Waals surface area contributed by atoms with Crippen LogP contribution in [0.5, 0.6) is 0 Å². The first-order valence-corrected chi connectivity index (χ1v) is 8.97. The lowest BCUT2D eigenvalue weighted by molar-refractivity contribution is -0.122. The van der Waals surface area contributed by atoms with Crippen molar-refractivity contribution in [3.63, 3.8) is 0 Å². The minimum absolute atomic E-state index is 0.0441. The molecule has 0 bridgehead atoms. The molecule has 3 rings (SSSR count). The standard InChI is InChI=1S/C17H14Cl2F2N2OS/c1-17(2)14-12(4-3-10(20)15(14)19)23(16(17)24)7-8-5-11(21)13(25-22)6-9(8)18/h3-6H,7,22H2,1-2H3. The van der Waals surface area contributed by atoms with Crippen molar-refractivity contribution in [2.45, 2.75) is 30.7 Å². The molecule has 0 fully saturated rings. The van der Waals surface area contributed by atoms with Gasteiger partial charge in [0.15, 0.2) is 0 Å². The van der Waals surface area contributed by atoms with E-state index >= 15 is 0 Å². The molecule has 2 aromatic rings. The predicted octanol–water partition coefficient (Wildman–Crippen LogP) is 5.06. The Morgan fingerprint density at radius 1 is 1.20 bits per heavy atom. The van der Waals surface area contributed by atoms with Gasteiger partial charge < -0.3 is 4.90 Å². The number of nitrogens with zero attached hydrogens (tertiary/aromatic N) is 1. The zero-order chi connectivity index (χ0) is 18.5. The van der Waals surface area contributed by atoms with Crippen molar-refractivity contribution >= 4 is 46.7 Å². The molecule has 25 heavy (non-hydrogen) atoms. The van der Waals surface area contributed by atoms with Gasteiger partial charge in [0.1, 0.15) is 11.6 Å². The average molecular weight is 403 g/mol. The number of halogens is 4. The molecule has 1 amide bonds. The van der Waals surface area contributed by atoms with Gasteiger partial charge in [0, 0.05) is 16.3 Å². The van der Waals surface area contributed by atoms with Gasteiger partial charge in [-0.25, -0.2) is 8.78 Å². The number of hydrogen-bond donors (Lipinski definition) is 1. The highest BCUT2D eigenvalue weighted by atomic mass is 35.5. The molecule has 0 radical (unpaired) electrons. The van der Waals surface area contributed by atoms with Crippen LogP contribution in [-0.2, 0) is 16.8 Å². The molecular formula is C17H14Cl2F2N2OS. The summed E-state index contributed by atoms with van der Waals surface area (Å²) in [4.78, 5) is 14.5. The second-order valence-electron chi connectivity index (χ2n) is 6.26. The van der Waals surface area contributed by atoms with Crippen LogP contribution in [0.15, 0.2) is 29.2 Å². The van der Waals surface area contributed by atoms with Crippen LogP contribution in [0.3, 0.4) is 0 Å². The highest BCUT2D eigenvalue weighted by Gasteiger charge is 2.46. The van der Waals surface area contributed by atoms with Gasteiger partial charge in [-0.15, -0.1) is 0 Å². The Morgan fingerprint density at radius 2 is 1.88 bits per heavy atom. The molecule has 2 N–H and O–H groups in total. The molecule has 2 aromatic carbocycles. The minimum Gasteiger partial charge on any atom is -0.307 e. The third-order valence-corrected chi connectivity index (χ3v) is 5.61. The van der Waals surface area contributed by atoms with Gasteiger partial charge in [-0.05, 0) is 55.6 Å². The van der Waals surface area contributed by atoms with Gasteiger partial charge in [-0.2, -0.15) is 0 Å². The number of rotatable bonds is 3. The molecule has 0 spiro atoms. The van der Waals surface area contributed by atoms with Gasteiger partial charge in [-0.3, -0.25) is 9.93 Å². The van der Waals surface area contributed by atoms with Crippen molar-refractivity contribution in [1.29, 1.82) is 0 Å². The van der Waals surface area contributed by atoms with Crippen LogP contribution in [0, 0.1) is 11.6 Å². The summed E-state index contributed by atoms with van der Waals surface area (Å²) in [6.45, 7) is 3.40. The lowest BCUT2D eigenvalue weighted by Gasteiger charge is -2.21. The molecule has 0 aromatic heterocycles. The van der Waals surface area contributed by atoms with E-state index in [1.807, 2.05) is 0 Å². The van der Waals surface area contributed by atoms with E-state index < -0.39 is 17.0 Å². The monoisotopic (exact) mass is 402 g/mol. The maximum Gasteiger partial charge on any atom is 0.237 e. The lowest BCUT2D eigenvalue weighted by Crippen LogP contribution is -2.35. The number of carbonyl (C=O) groups excluding carboxylic acids is 1. The maximum absolute atomic E-state index is 14.0. The molecule has 0 saturated carbocycles. The van der Waals surface area contributed by atoms with Crippen LogP contribution in [0.25, 0.3) is 0 Å². The summed E-state index contributed by atoms with van der Waals surface area (Å²) in [5.74, 6) is -1.37. The molecular weight excluding hydrogens is 389 g/mol. The van der Waals surface area contributed by atoms with E-state index in [0.29, 0.717) is 21.8 Å². The molecule has 132 valence electrons. The summed E-state index contributed by atoms with van der Waals surface area (Å²) in [5.41, 5.74) is 0.349. The molecule has 0 saturated heterocycles. The van der Waals surface area contributed by atoms with Gasteiger partial charge >= 0.3 is 0 Å².